The summed E-state index contributed by atoms with van der Waals surface area (Å²) in [6, 6.07) is 0. The van der Waals surface area contributed by atoms with Gasteiger partial charge in [0.1, 0.15) is 0 Å². The van der Waals surface area contributed by atoms with Gasteiger partial charge >= 0.3 is 0 Å². The summed E-state index contributed by atoms with van der Waals surface area (Å²) in [5.74, 6) is 0. The number of hydrogen-bond acceptors (Lipinski definition) is 2. The largest absolute Gasteiger partial charge is 0.385 e. The second-order valence-corrected chi connectivity index (χ2v) is 6.01. The van der Waals surface area contributed by atoms with Gasteiger partial charge in [-0.3, -0.25) is 0 Å². The molecule has 0 aliphatic heterocycles. The minimum atomic E-state index is 0.298. The molecule has 1 aliphatic carbocycles. The molecule has 0 radical (unpaired) electrons. The molecule has 1 N–H and O–H groups in total. The lowest BCUT2D eigenvalue weighted by Crippen LogP contribution is -2.42. The average molecular weight is 227 g/mol. The fourth-order valence-corrected chi connectivity index (χ4v) is 2.41. The molecule has 0 aromatic rings. The highest BCUT2D eigenvalue weighted by Gasteiger charge is 2.36. The Morgan fingerprint density at radius 3 is 2.38 bits per heavy atom. The number of nitrogens with one attached hydrogen (secondary N) is 1. The summed E-state index contributed by atoms with van der Waals surface area (Å²) in [4.78, 5) is 0. The molecule has 2 nitrogen and oxygen atoms in total. The van der Waals surface area contributed by atoms with Crippen molar-refractivity contribution in [3.63, 3.8) is 0 Å². The van der Waals surface area contributed by atoms with Gasteiger partial charge in [-0.25, -0.2) is 0 Å². The summed E-state index contributed by atoms with van der Waals surface area (Å²) in [6.45, 7) is 8.91. The quantitative estimate of drug-likeness (QED) is 0.686. The maximum Gasteiger partial charge on any atom is 0.0467 e. The van der Waals surface area contributed by atoms with Crippen LogP contribution in [0.15, 0.2) is 0 Å². The van der Waals surface area contributed by atoms with Crippen LogP contribution in [-0.2, 0) is 4.74 Å². The summed E-state index contributed by atoms with van der Waals surface area (Å²) >= 11 is 0. The maximum atomic E-state index is 5.22. The third-order valence-corrected chi connectivity index (χ3v) is 4.39. The monoisotopic (exact) mass is 227 g/mol. The molecule has 0 saturated heterocycles. The van der Waals surface area contributed by atoms with Crippen molar-refractivity contribution in [2.45, 2.75) is 64.8 Å². The van der Waals surface area contributed by atoms with Gasteiger partial charge in [0.25, 0.3) is 0 Å². The van der Waals surface area contributed by atoms with Crippen LogP contribution in [0.5, 0.6) is 0 Å². The summed E-state index contributed by atoms with van der Waals surface area (Å²) in [6.07, 6.45) is 7.99. The Bertz CT molecular complexity index is 197. The Hall–Kier alpha value is -0.0800. The van der Waals surface area contributed by atoms with Crippen LogP contribution in [0.3, 0.4) is 0 Å². The Labute approximate surface area is 101 Å². The second-order valence-electron chi connectivity index (χ2n) is 6.01. The minimum absolute atomic E-state index is 0.298. The van der Waals surface area contributed by atoms with Crippen LogP contribution >= 0.6 is 0 Å². The summed E-state index contributed by atoms with van der Waals surface area (Å²) < 4.78 is 5.22. The molecule has 96 valence electrons. The van der Waals surface area contributed by atoms with Gasteiger partial charge in [-0.1, -0.05) is 13.3 Å². The molecule has 0 unspecified atom stereocenters. The molecule has 1 saturated carbocycles. The lowest BCUT2D eigenvalue weighted by molar-refractivity contribution is 0.0596. The van der Waals surface area contributed by atoms with E-state index in [9.17, 15) is 0 Å². The van der Waals surface area contributed by atoms with Crippen molar-refractivity contribution in [3.8, 4) is 0 Å². The highest BCUT2D eigenvalue weighted by molar-refractivity contribution is 4.89. The first-order valence-electron chi connectivity index (χ1n) is 6.78. The van der Waals surface area contributed by atoms with E-state index >= 15 is 0 Å². The van der Waals surface area contributed by atoms with Gasteiger partial charge in [0.2, 0.25) is 0 Å². The predicted octanol–water partition coefficient (Wildman–Crippen LogP) is 3.36. The van der Waals surface area contributed by atoms with Crippen LogP contribution in [0.1, 0.15) is 59.3 Å². The molecule has 0 heterocycles. The van der Waals surface area contributed by atoms with Gasteiger partial charge < -0.3 is 10.1 Å². The van der Waals surface area contributed by atoms with Gasteiger partial charge in [-0.2, -0.15) is 0 Å². The molecule has 0 aromatic carbocycles. The molecule has 2 heteroatoms. The van der Waals surface area contributed by atoms with Crippen LogP contribution in [0, 0.1) is 5.41 Å². The zero-order chi connectivity index (χ0) is 12.1. The Morgan fingerprint density at radius 2 is 1.94 bits per heavy atom. The highest BCUT2D eigenvalue weighted by atomic mass is 16.5. The third-order valence-electron chi connectivity index (χ3n) is 4.39. The first-order chi connectivity index (χ1) is 7.54. The van der Waals surface area contributed by atoms with Crippen molar-refractivity contribution >= 4 is 0 Å². The number of methoxy groups -OCH3 is 1. The van der Waals surface area contributed by atoms with Gasteiger partial charge in [-0.15, -0.1) is 0 Å². The van der Waals surface area contributed by atoms with Crippen LogP contribution in [0.25, 0.3) is 0 Å². The maximum absolute atomic E-state index is 5.22. The minimum Gasteiger partial charge on any atom is -0.385 e. The molecule has 1 fully saturated rings. The zero-order valence-corrected chi connectivity index (χ0v) is 11.6. The van der Waals surface area contributed by atoms with E-state index < -0.39 is 0 Å². The van der Waals surface area contributed by atoms with E-state index in [-0.39, 0.29) is 0 Å². The first-order valence-corrected chi connectivity index (χ1v) is 6.78. The van der Waals surface area contributed by atoms with Crippen LogP contribution < -0.4 is 5.32 Å². The van der Waals surface area contributed by atoms with Crippen molar-refractivity contribution in [3.05, 3.63) is 0 Å². The van der Waals surface area contributed by atoms with Crippen molar-refractivity contribution in [2.24, 2.45) is 5.41 Å². The van der Waals surface area contributed by atoms with Crippen molar-refractivity contribution in [1.82, 2.24) is 5.32 Å². The van der Waals surface area contributed by atoms with Crippen molar-refractivity contribution in [1.29, 1.82) is 0 Å². The van der Waals surface area contributed by atoms with Crippen LogP contribution in [0.2, 0.25) is 0 Å². The summed E-state index contributed by atoms with van der Waals surface area (Å²) in [5.41, 5.74) is 0.902. The highest BCUT2D eigenvalue weighted by Crippen LogP contribution is 2.46. The predicted molar refractivity (Wildman–Crippen MR) is 69.8 cm³/mol. The molecule has 1 aliphatic rings. The topological polar surface area (TPSA) is 21.3 Å². The second kappa shape index (κ2) is 6.02. The molecule has 0 aromatic heterocycles. The first kappa shape index (κ1) is 14.0. The van der Waals surface area contributed by atoms with Crippen molar-refractivity contribution < 1.29 is 4.74 Å². The van der Waals surface area contributed by atoms with E-state index in [1.165, 1.54) is 38.5 Å². The lowest BCUT2D eigenvalue weighted by atomic mass is 9.65. The van der Waals surface area contributed by atoms with E-state index in [0.29, 0.717) is 11.0 Å². The fraction of sp³-hybridized carbons (Fsp3) is 1.00. The normalized spacial score (nSPS) is 19.5. The Morgan fingerprint density at radius 1 is 1.25 bits per heavy atom. The standard InChI is InChI=1S/C14H29NO/c1-5-13(2,3)15-11-9-14(7-6-8-14)10-12-16-4/h15H,5-12H2,1-4H3. The van der Waals surface area contributed by atoms with E-state index in [1.807, 2.05) is 7.11 Å². The smallest absolute Gasteiger partial charge is 0.0467 e. The van der Waals surface area contributed by atoms with Gasteiger partial charge in [0.05, 0.1) is 0 Å². The van der Waals surface area contributed by atoms with E-state index in [2.05, 4.69) is 26.1 Å². The lowest BCUT2D eigenvalue weighted by Gasteiger charge is -2.43. The number of ether oxygens (including phenoxy) is 1. The molecule has 1 rings (SSSR count). The van der Waals surface area contributed by atoms with Gasteiger partial charge in [0, 0.05) is 19.3 Å². The fourth-order valence-electron chi connectivity index (χ4n) is 2.41. The van der Waals surface area contributed by atoms with Gasteiger partial charge in [0.15, 0.2) is 0 Å². The number of hydrogen-bond donors (Lipinski definition) is 1. The third kappa shape index (κ3) is 4.06. The Balaban J connectivity index is 2.24. The molecular formula is C14H29NO. The molecule has 0 amide bonds. The average Bonchev–Trinajstić information content (AvgIpc) is 2.21. The van der Waals surface area contributed by atoms with E-state index in [1.54, 1.807) is 0 Å². The summed E-state index contributed by atoms with van der Waals surface area (Å²) in [7, 11) is 1.81. The van der Waals surface area contributed by atoms with Crippen LogP contribution in [-0.4, -0.2) is 25.8 Å². The summed E-state index contributed by atoms with van der Waals surface area (Å²) in [5, 5.41) is 3.67. The van der Waals surface area contributed by atoms with E-state index in [0.717, 1.165) is 13.2 Å². The molecular weight excluding hydrogens is 198 g/mol. The molecule has 16 heavy (non-hydrogen) atoms. The Kier molecular flexibility index (Phi) is 5.26. The SMILES string of the molecule is CCC(C)(C)NCCC1(CCOC)CCC1. The molecule has 0 spiro atoms. The van der Waals surface area contributed by atoms with E-state index in [4.69, 9.17) is 4.74 Å². The van der Waals surface area contributed by atoms with Gasteiger partial charge in [-0.05, 0) is 57.9 Å². The molecule has 0 bridgehead atoms. The number of rotatable bonds is 8. The van der Waals surface area contributed by atoms with Crippen LogP contribution in [0.4, 0.5) is 0 Å². The zero-order valence-electron chi connectivity index (χ0n) is 11.6. The van der Waals surface area contributed by atoms with Crippen molar-refractivity contribution in [2.75, 3.05) is 20.3 Å². The molecule has 0 atom stereocenters.